The summed E-state index contributed by atoms with van der Waals surface area (Å²) < 4.78 is 23.4. The number of benzene rings is 1. The van der Waals surface area contributed by atoms with Crippen molar-refractivity contribution in [2.24, 2.45) is 0 Å². The summed E-state index contributed by atoms with van der Waals surface area (Å²) in [6.07, 6.45) is -0.896. The van der Waals surface area contributed by atoms with Gasteiger partial charge in [0.2, 0.25) is 0 Å². The number of halogens is 2. The topological polar surface area (TPSA) is 61.6 Å². The number of nitrogens with zero attached hydrogens (tertiary/aromatic N) is 1. The first-order chi connectivity index (χ1) is 7.59. The van der Waals surface area contributed by atoms with Crippen LogP contribution in [0.3, 0.4) is 0 Å². The van der Waals surface area contributed by atoms with E-state index >= 15 is 0 Å². The van der Waals surface area contributed by atoms with Crippen molar-refractivity contribution < 1.29 is 18.8 Å². The molecule has 16 heavy (non-hydrogen) atoms. The first-order valence-corrected chi connectivity index (χ1v) is 4.84. The van der Waals surface area contributed by atoms with Crippen LogP contribution in [0.4, 0.5) is 10.1 Å². The Morgan fingerprint density at radius 3 is 2.62 bits per heavy atom. The van der Waals surface area contributed by atoms with Crippen molar-refractivity contribution in [3.05, 3.63) is 38.7 Å². The zero-order chi connectivity index (χ0) is 11.7. The average molecular weight is 248 g/mol. The second-order valence-electron chi connectivity index (χ2n) is 3.16. The Morgan fingerprint density at radius 1 is 1.44 bits per heavy atom. The first-order valence-electron chi connectivity index (χ1n) is 4.46. The second-order valence-corrected chi connectivity index (χ2v) is 3.56. The molecule has 0 bridgehead atoms. The molecule has 1 saturated heterocycles. The fraction of sp³-hybridized carbons (Fsp3) is 0.333. The molecular weight excluding hydrogens is 241 g/mol. The molecule has 1 fully saturated rings. The first kappa shape index (κ1) is 11.3. The van der Waals surface area contributed by atoms with E-state index in [1.54, 1.807) is 0 Å². The molecule has 0 radical (unpaired) electrons. The number of ether oxygens (including phenoxy) is 2. The third kappa shape index (κ3) is 1.99. The Balaban J connectivity index is 2.48. The van der Waals surface area contributed by atoms with Crippen LogP contribution in [0.5, 0.6) is 0 Å². The van der Waals surface area contributed by atoms with E-state index in [4.69, 9.17) is 21.1 Å². The minimum Gasteiger partial charge on any atom is -0.346 e. The van der Waals surface area contributed by atoms with Crippen LogP contribution >= 0.6 is 11.6 Å². The fourth-order valence-electron chi connectivity index (χ4n) is 1.44. The van der Waals surface area contributed by atoms with Crippen molar-refractivity contribution in [3.63, 3.8) is 0 Å². The molecule has 0 N–H and O–H groups in total. The zero-order valence-corrected chi connectivity index (χ0v) is 8.74. The molecule has 1 aliphatic heterocycles. The van der Waals surface area contributed by atoms with Crippen molar-refractivity contribution >= 4 is 17.3 Å². The molecule has 86 valence electrons. The lowest BCUT2D eigenvalue weighted by Gasteiger charge is -2.10. The van der Waals surface area contributed by atoms with Crippen LogP contribution in [-0.4, -0.2) is 18.1 Å². The largest absolute Gasteiger partial charge is 0.346 e. The minimum absolute atomic E-state index is 0.0457. The van der Waals surface area contributed by atoms with Gasteiger partial charge in [-0.25, -0.2) is 4.39 Å². The quantitative estimate of drug-likeness (QED) is 0.595. The van der Waals surface area contributed by atoms with Gasteiger partial charge in [-0.1, -0.05) is 11.6 Å². The lowest BCUT2D eigenvalue weighted by molar-refractivity contribution is -0.386. The van der Waals surface area contributed by atoms with Crippen LogP contribution in [0.1, 0.15) is 11.9 Å². The van der Waals surface area contributed by atoms with Gasteiger partial charge in [0.25, 0.3) is 5.69 Å². The predicted octanol–water partition coefficient (Wildman–Crippen LogP) is 2.43. The number of rotatable bonds is 2. The summed E-state index contributed by atoms with van der Waals surface area (Å²) in [6.45, 7) is 0.651. The van der Waals surface area contributed by atoms with Gasteiger partial charge in [0.05, 0.1) is 28.7 Å². The van der Waals surface area contributed by atoms with E-state index in [0.717, 1.165) is 12.1 Å². The van der Waals surface area contributed by atoms with E-state index in [-0.39, 0.29) is 16.3 Å². The highest BCUT2D eigenvalue weighted by Gasteiger charge is 2.28. The van der Waals surface area contributed by atoms with Crippen LogP contribution in [0.2, 0.25) is 5.02 Å². The molecule has 0 aliphatic carbocycles. The van der Waals surface area contributed by atoms with Crippen LogP contribution < -0.4 is 0 Å². The summed E-state index contributed by atoms with van der Waals surface area (Å²) in [5, 5.41) is 10.5. The molecule has 0 spiro atoms. The third-order valence-electron chi connectivity index (χ3n) is 2.14. The van der Waals surface area contributed by atoms with Gasteiger partial charge in [0, 0.05) is 6.07 Å². The van der Waals surface area contributed by atoms with Crippen LogP contribution in [0, 0.1) is 15.9 Å². The maximum atomic E-state index is 13.2. The van der Waals surface area contributed by atoms with Gasteiger partial charge in [-0.15, -0.1) is 0 Å². The van der Waals surface area contributed by atoms with E-state index in [1.165, 1.54) is 0 Å². The normalized spacial score (nSPS) is 16.6. The second kappa shape index (κ2) is 4.32. The SMILES string of the molecule is O=[N+]([O-])c1cc(Cl)c(F)cc1C1OCCO1. The monoisotopic (exact) mass is 247 g/mol. The van der Waals surface area contributed by atoms with Crippen LogP contribution in [0.25, 0.3) is 0 Å². The van der Waals surface area contributed by atoms with Gasteiger partial charge in [-0.3, -0.25) is 10.1 Å². The Hall–Kier alpha value is -1.24. The highest BCUT2D eigenvalue weighted by Crippen LogP contribution is 2.34. The van der Waals surface area contributed by atoms with Crippen LogP contribution in [0.15, 0.2) is 12.1 Å². The lowest BCUT2D eigenvalue weighted by atomic mass is 10.1. The number of nitro benzene ring substituents is 1. The van der Waals surface area contributed by atoms with Gasteiger partial charge in [0.1, 0.15) is 5.82 Å². The summed E-state index contributed by atoms with van der Waals surface area (Å²) in [5.74, 6) is -0.735. The highest BCUT2D eigenvalue weighted by atomic mass is 35.5. The van der Waals surface area contributed by atoms with Crippen molar-refractivity contribution in [2.45, 2.75) is 6.29 Å². The Bertz CT molecular complexity index is 434. The molecule has 1 aromatic carbocycles. The molecule has 0 atom stereocenters. The molecule has 1 aromatic rings. The maximum absolute atomic E-state index is 13.2. The van der Waals surface area contributed by atoms with E-state index < -0.39 is 17.0 Å². The van der Waals surface area contributed by atoms with E-state index in [9.17, 15) is 14.5 Å². The van der Waals surface area contributed by atoms with Gasteiger partial charge in [-0.05, 0) is 6.07 Å². The minimum atomic E-state index is -0.896. The molecular formula is C9H7ClFNO4. The standard InChI is InChI=1S/C9H7ClFNO4/c10-6-4-8(12(13)14)5(3-7(6)11)9-15-1-2-16-9/h3-4,9H,1-2H2. The smallest absolute Gasteiger partial charge is 0.279 e. The average Bonchev–Trinajstić information content (AvgIpc) is 2.74. The summed E-state index contributed by atoms with van der Waals surface area (Å²) in [5.41, 5.74) is -0.261. The Labute approximate surface area is 94.9 Å². The summed E-state index contributed by atoms with van der Waals surface area (Å²) in [4.78, 5) is 10.1. The summed E-state index contributed by atoms with van der Waals surface area (Å²) in [6, 6.07) is 1.92. The maximum Gasteiger partial charge on any atom is 0.279 e. The summed E-state index contributed by atoms with van der Waals surface area (Å²) in [7, 11) is 0. The Morgan fingerprint density at radius 2 is 2.06 bits per heavy atom. The summed E-state index contributed by atoms with van der Waals surface area (Å²) >= 11 is 5.48. The van der Waals surface area contributed by atoms with Gasteiger partial charge < -0.3 is 9.47 Å². The zero-order valence-electron chi connectivity index (χ0n) is 7.98. The van der Waals surface area contributed by atoms with Gasteiger partial charge >= 0.3 is 0 Å². The Kier molecular flexibility index (Phi) is 3.04. The van der Waals surface area contributed by atoms with E-state index in [2.05, 4.69) is 0 Å². The van der Waals surface area contributed by atoms with Crippen molar-refractivity contribution in [2.75, 3.05) is 13.2 Å². The fourth-order valence-corrected chi connectivity index (χ4v) is 1.59. The molecule has 7 heteroatoms. The van der Waals surface area contributed by atoms with Gasteiger partial charge in [0.15, 0.2) is 6.29 Å². The molecule has 2 rings (SSSR count). The predicted molar refractivity (Wildman–Crippen MR) is 52.7 cm³/mol. The van der Waals surface area contributed by atoms with Crippen molar-refractivity contribution in [1.29, 1.82) is 0 Å². The number of hydrogen-bond acceptors (Lipinski definition) is 4. The molecule has 0 saturated carbocycles. The molecule has 0 amide bonds. The molecule has 1 aliphatic rings. The van der Waals surface area contributed by atoms with Crippen molar-refractivity contribution in [1.82, 2.24) is 0 Å². The number of hydrogen-bond donors (Lipinski definition) is 0. The highest BCUT2D eigenvalue weighted by molar-refractivity contribution is 6.31. The molecule has 1 heterocycles. The molecule has 0 aromatic heterocycles. The van der Waals surface area contributed by atoms with Crippen molar-refractivity contribution in [3.8, 4) is 0 Å². The van der Waals surface area contributed by atoms with Crippen LogP contribution in [-0.2, 0) is 9.47 Å². The molecule has 5 nitrogen and oxygen atoms in total. The molecule has 0 unspecified atom stereocenters. The third-order valence-corrected chi connectivity index (χ3v) is 2.43. The van der Waals surface area contributed by atoms with Gasteiger partial charge in [-0.2, -0.15) is 0 Å². The lowest BCUT2D eigenvalue weighted by Crippen LogP contribution is -2.04. The number of nitro groups is 1. The van der Waals surface area contributed by atoms with E-state index in [1.807, 2.05) is 0 Å². The van der Waals surface area contributed by atoms with E-state index in [0.29, 0.717) is 13.2 Å².